The number of hydrogen-bond donors (Lipinski definition) is 2. The second-order valence-corrected chi connectivity index (χ2v) is 6.30. The molecule has 4 heteroatoms. The molecule has 3 nitrogen and oxygen atoms in total. The molecule has 1 heterocycles. The van der Waals surface area contributed by atoms with Gasteiger partial charge in [0.25, 0.3) is 0 Å². The summed E-state index contributed by atoms with van der Waals surface area (Å²) in [6.45, 7) is 2.67. The van der Waals surface area contributed by atoms with Gasteiger partial charge in [0, 0.05) is 13.1 Å². The van der Waals surface area contributed by atoms with Crippen molar-refractivity contribution in [2.24, 2.45) is 5.41 Å². The predicted molar refractivity (Wildman–Crippen MR) is 92.3 cm³/mol. The van der Waals surface area contributed by atoms with Gasteiger partial charge in [-0.2, -0.15) is 0 Å². The number of hydrogen-bond acceptors (Lipinski definition) is 2. The molecular formula is C18H25ClN2O. The first-order chi connectivity index (χ1) is 10.3. The fourth-order valence-corrected chi connectivity index (χ4v) is 3.29. The first-order valence-corrected chi connectivity index (χ1v) is 7.99. The van der Waals surface area contributed by atoms with E-state index in [0.717, 1.165) is 45.3 Å². The van der Waals surface area contributed by atoms with Crippen LogP contribution in [0.4, 0.5) is 0 Å². The highest BCUT2D eigenvalue weighted by atomic mass is 35.5. The second kappa shape index (κ2) is 7.80. The summed E-state index contributed by atoms with van der Waals surface area (Å²) >= 11 is 0. The molecule has 0 saturated heterocycles. The quantitative estimate of drug-likeness (QED) is 0.819. The lowest BCUT2D eigenvalue weighted by atomic mass is 9.64. The molecule has 1 aromatic carbocycles. The lowest BCUT2D eigenvalue weighted by Gasteiger charge is -2.40. The molecule has 3 rings (SSSR count). The second-order valence-electron chi connectivity index (χ2n) is 6.30. The van der Waals surface area contributed by atoms with Crippen molar-refractivity contribution < 1.29 is 4.79 Å². The van der Waals surface area contributed by atoms with Crippen LogP contribution in [0.25, 0.3) is 0 Å². The van der Waals surface area contributed by atoms with E-state index in [2.05, 4.69) is 41.0 Å². The first kappa shape index (κ1) is 17.0. The van der Waals surface area contributed by atoms with Crippen LogP contribution in [0.3, 0.4) is 0 Å². The molecular weight excluding hydrogens is 296 g/mol. The third kappa shape index (κ3) is 3.90. The van der Waals surface area contributed by atoms with Crippen LogP contribution in [0.1, 0.15) is 31.2 Å². The third-order valence-electron chi connectivity index (χ3n) is 4.81. The lowest BCUT2D eigenvalue weighted by molar-refractivity contribution is -0.135. The van der Waals surface area contributed by atoms with E-state index < -0.39 is 0 Å². The maximum Gasteiger partial charge on any atom is 0.226 e. The highest BCUT2D eigenvalue weighted by Crippen LogP contribution is 2.44. The Morgan fingerprint density at radius 1 is 1.23 bits per heavy atom. The van der Waals surface area contributed by atoms with Crippen LogP contribution in [0.15, 0.2) is 42.0 Å². The maximum absolute atomic E-state index is 12.6. The van der Waals surface area contributed by atoms with Crippen molar-refractivity contribution in [1.82, 2.24) is 10.6 Å². The van der Waals surface area contributed by atoms with Gasteiger partial charge in [0.15, 0.2) is 0 Å². The van der Waals surface area contributed by atoms with E-state index in [-0.39, 0.29) is 23.7 Å². The minimum atomic E-state index is -0.158. The average molecular weight is 321 g/mol. The smallest absolute Gasteiger partial charge is 0.226 e. The van der Waals surface area contributed by atoms with Gasteiger partial charge in [0.2, 0.25) is 5.91 Å². The maximum atomic E-state index is 12.6. The summed E-state index contributed by atoms with van der Waals surface area (Å²) in [5, 5.41) is 6.48. The Bertz CT molecular complexity index is 523. The predicted octanol–water partition coefficient (Wildman–Crippen LogP) is 2.86. The molecule has 2 N–H and O–H groups in total. The summed E-state index contributed by atoms with van der Waals surface area (Å²) in [5.74, 6) is 0.247. The lowest BCUT2D eigenvalue weighted by Crippen LogP contribution is -2.47. The van der Waals surface area contributed by atoms with Crippen LogP contribution in [-0.4, -0.2) is 25.5 Å². The molecule has 0 bridgehead atoms. The monoisotopic (exact) mass is 320 g/mol. The molecule has 22 heavy (non-hydrogen) atoms. The fraction of sp³-hybridized carbons (Fsp3) is 0.500. The van der Waals surface area contributed by atoms with Crippen molar-refractivity contribution in [3.63, 3.8) is 0 Å². The van der Waals surface area contributed by atoms with Crippen molar-refractivity contribution >= 4 is 18.3 Å². The summed E-state index contributed by atoms with van der Waals surface area (Å²) in [4.78, 5) is 12.6. The number of benzene rings is 1. The highest BCUT2D eigenvalue weighted by molar-refractivity contribution is 5.85. The van der Waals surface area contributed by atoms with E-state index in [1.165, 1.54) is 17.6 Å². The van der Waals surface area contributed by atoms with Gasteiger partial charge >= 0.3 is 0 Å². The summed E-state index contributed by atoms with van der Waals surface area (Å²) in [6, 6.07) is 10.4. The largest absolute Gasteiger partial charge is 0.352 e. The van der Waals surface area contributed by atoms with Gasteiger partial charge in [-0.25, -0.2) is 0 Å². The molecule has 0 aromatic heterocycles. The molecule has 0 radical (unpaired) electrons. The normalized spacial score (nSPS) is 19.4. The van der Waals surface area contributed by atoms with Crippen molar-refractivity contribution in [2.45, 2.75) is 32.1 Å². The van der Waals surface area contributed by atoms with Crippen LogP contribution < -0.4 is 10.6 Å². The molecule has 0 unspecified atom stereocenters. The van der Waals surface area contributed by atoms with E-state index in [4.69, 9.17) is 0 Å². The van der Waals surface area contributed by atoms with Crippen LogP contribution >= 0.6 is 12.4 Å². The molecule has 1 aromatic rings. The minimum Gasteiger partial charge on any atom is -0.352 e. The number of amides is 1. The van der Waals surface area contributed by atoms with Crippen molar-refractivity contribution in [1.29, 1.82) is 0 Å². The van der Waals surface area contributed by atoms with Gasteiger partial charge in [-0.1, -0.05) is 48.4 Å². The van der Waals surface area contributed by atoms with Gasteiger partial charge in [0.05, 0.1) is 5.41 Å². The number of carbonyl (C=O) groups excluding carboxylic acids is 1. The van der Waals surface area contributed by atoms with E-state index in [9.17, 15) is 4.79 Å². The van der Waals surface area contributed by atoms with Gasteiger partial charge in [-0.15, -0.1) is 12.4 Å². The standard InChI is InChI=1S/C18H24N2O.ClH/c21-17(20-14-16-7-11-19-12-8-16)18(9-4-10-18)13-15-5-2-1-3-6-15;/h1-3,5-7,19H,4,8-14H2,(H,20,21);1H. The van der Waals surface area contributed by atoms with Crippen LogP contribution in [0.2, 0.25) is 0 Å². The Labute approximate surface area is 139 Å². The topological polar surface area (TPSA) is 41.1 Å². The summed E-state index contributed by atoms with van der Waals surface area (Å²) < 4.78 is 0. The van der Waals surface area contributed by atoms with Crippen molar-refractivity contribution in [2.75, 3.05) is 19.6 Å². The SMILES string of the molecule is Cl.O=C(NCC1=CCNCC1)C1(Cc2ccccc2)CCC1. The molecule has 2 aliphatic rings. The number of nitrogens with one attached hydrogen (secondary N) is 2. The molecule has 1 fully saturated rings. The Hall–Kier alpha value is -1.32. The van der Waals surface area contributed by atoms with E-state index >= 15 is 0 Å². The van der Waals surface area contributed by atoms with Gasteiger partial charge < -0.3 is 10.6 Å². The van der Waals surface area contributed by atoms with Crippen LogP contribution in [0, 0.1) is 5.41 Å². The summed E-state index contributed by atoms with van der Waals surface area (Å²) in [5.41, 5.74) is 2.47. The van der Waals surface area contributed by atoms with Gasteiger partial charge in [-0.05, 0) is 37.8 Å². The van der Waals surface area contributed by atoms with Crippen LogP contribution in [0.5, 0.6) is 0 Å². The van der Waals surface area contributed by atoms with Gasteiger partial charge in [0.1, 0.15) is 0 Å². The molecule has 120 valence electrons. The molecule has 0 spiro atoms. The van der Waals surface area contributed by atoms with Gasteiger partial charge in [-0.3, -0.25) is 4.79 Å². The highest BCUT2D eigenvalue weighted by Gasteiger charge is 2.43. The zero-order chi connectivity index (χ0) is 14.5. The summed E-state index contributed by atoms with van der Waals surface area (Å²) in [6.07, 6.45) is 7.34. The molecule has 0 atom stereocenters. The number of rotatable bonds is 5. The van der Waals surface area contributed by atoms with E-state index in [0.29, 0.717) is 0 Å². The molecule has 1 aliphatic heterocycles. The minimum absolute atomic E-state index is 0. The summed E-state index contributed by atoms with van der Waals surface area (Å²) in [7, 11) is 0. The Morgan fingerprint density at radius 2 is 2.00 bits per heavy atom. The average Bonchev–Trinajstić information content (AvgIpc) is 2.50. The van der Waals surface area contributed by atoms with Crippen molar-refractivity contribution in [3.05, 3.63) is 47.5 Å². The van der Waals surface area contributed by atoms with E-state index in [1.807, 2.05) is 6.07 Å². The number of halogens is 1. The Morgan fingerprint density at radius 3 is 2.59 bits per heavy atom. The first-order valence-electron chi connectivity index (χ1n) is 7.99. The Balaban J connectivity index is 0.00000176. The molecule has 1 saturated carbocycles. The Kier molecular flexibility index (Phi) is 6.04. The van der Waals surface area contributed by atoms with Crippen molar-refractivity contribution in [3.8, 4) is 0 Å². The molecule has 1 amide bonds. The third-order valence-corrected chi connectivity index (χ3v) is 4.81. The zero-order valence-corrected chi connectivity index (χ0v) is 13.8. The number of carbonyl (C=O) groups is 1. The zero-order valence-electron chi connectivity index (χ0n) is 12.9. The van der Waals surface area contributed by atoms with E-state index in [1.54, 1.807) is 0 Å². The van der Waals surface area contributed by atoms with Crippen LogP contribution in [-0.2, 0) is 11.2 Å². The fourth-order valence-electron chi connectivity index (χ4n) is 3.29. The molecule has 1 aliphatic carbocycles.